The molecule has 0 heterocycles. The van der Waals surface area contributed by atoms with Gasteiger partial charge in [0.1, 0.15) is 18.3 Å². The number of hydrogen-bond acceptors (Lipinski definition) is 5. The second-order valence-electron chi connectivity index (χ2n) is 11.3. The molecule has 1 saturated carbocycles. The standard InChI is InChI=1S/C35H45N3O5S/c1-4-33(35(40)36-29-14-10-7-11-15-29)37(25-24-28-12-8-6-9-13-28)34(39)26-38(30-18-20-31(21-19-30)43-5-2)44(41,42)32-22-16-27(3)17-23-32/h6,8-9,12-13,16-23,29,33H,4-5,7,10-11,14-15,24-26H2,1-3H3,(H,36,40)/t33-/m1/s1. The predicted octanol–water partition coefficient (Wildman–Crippen LogP) is 5.89. The molecule has 1 N–H and O–H groups in total. The first-order valence-corrected chi connectivity index (χ1v) is 17.1. The van der Waals surface area contributed by atoms with E-state index in [0.29, 0.717) is 30.9 Å². The van der Waals surface area contributed by atoms with Gasteiger partial charge < -0.3 is 15.0 Å². The average molecular weight is 620 g/mol. The Balaban J connectivity index is 1.67. The largest absolute Gasteiger partial charge is 0.494 e. The van der Waals surface area contributed by atoms with E-state index in [4.69, 9.17) is 4.74 Å². The highest BCUT2D eigenvalue weighted by atomic mass is 32.2. The number of nitrogens with one attached hydrogen (secondary N) is 1. The lowest BCUT2D eigenvalue weighted by molar-refractivity contribution is -0.140. The molecule has 1 aliphatic carbocycles. The smallest absolute Gasteiger partial charge is 0.264 e. The molecule has 3 aromatic carbocycles. The van der Waals surface area contributed by atoms with E-state index >= 15 is 0 Å². The average Bonchev–Trinajstić information content (AvgIpc) is 3.03. The SMILES string of the molecule is CCOc1ccc(N(CC(=O)N(CCc2ccccc2)[C@H](CC)C(=O)NC2CCCCC2)S(=O)(=O)c2ccc(C)cc2)cc1. The van der Waals surface area contributed by atoms with Crippen molar-refractivity contribution in [1.82, 2.24) is 10.2 Å². The van der Waals surface area contributed by atoms with Crippen LogP contribution in [0, 0.1) is 6.92 Å². The van der Waals surface area contributed by atoms with Crippen LogP contribution in [0.25, 0.3) is 0 Å². The van der Waals surface area contributed by atoms with Gasteiger partial charge in [0.05, 0.1) is 17.2 Å². The van der Waals surface area contributed by atoms with E-state index in [1.54, 1.807) is 53.4 Å². The molecule has 1 fully saturated rings. The maximum Gasteiger partial charge on any atom is 0.264 e. The normalized spacial score (nSPS) is 14.4. The summed E-state index contributed by atoms with van der Waals surface area (Å²) < 4.78 is 34.8. The highest BCUT2D eigenvalue weighted by molar-refractivity contribution is 7.92. The highest BCUT2D eigenvalue weighted by Gasteiger charge is 2.34. The van der Waals surface area contributed by atoms with Crippen molar-refractivity contribution >= 4 is 27.5 Å². The van der Waals surface area contributed by atoms with Gasteiger partial charge in [-0.05, 0) is 81.5 Å². The molecule has 236 valence electrons. The number of hydrogen-bond donors (Lipinski definition) is 1. The van der Waals surface area contributed by atoms with Crippen LogP contribution in [0.15, 0.2) is 83.8 Å². The number of anilines is 1. The van der Waals surface area contributed by atoms with Crippen LogP contribution in [0.1, 0.15) is 63.5 Å². The van der Waals surface area contributed by atoms with Crippen molar-refractivity contribution in [2.45, 2.75) is 82.7 Å². The molecule has 0 radical (unpaired) electrons. The first-order valence-electron chi connectivity index (χ1n) is 15.7. The minimum Gasteiger partial charge on any atom is -0.494 e. The Kier molecular flexibility index (Phi) is 11.8. The number of carbonyl (C=O) groups is 2. The van der Waals surface area contributed by atoms with Gasteiger partial charge in [-0.3, -0.25) is 13.9 Å². The molecule has 1 atom stereocenters. The van der Waals surface area contributed by atoms with Gasteiger partial charge >= 0.3 is 0 Å². The molecule has 1 aliphatic rings. The number of amides is 2. The zero-order valence-corrected chi connectivity index (χ0v) is 26.9. The van der Waals surface area contributed by atoms with E-state index in [0.717, 1.165) is 41.1 Å². The van der Waals surface area contributed by atoms with Gasteiger partial charge in [0, 0.05) is 12.6 Å². The summed E-state index contributed by atoms with van der Waals surface area (Å²) >= 11 is 0. The molecular weight excluding hydrogens is 574 g/mol. The molecule has 2 amide bonds. The van der Waals surface area contributed by atoms with Gasteiger partial charge in [0.2, 0.25) is 11.8 Å². The van der Waals surface area contributed by atoms with Gasteiger partial charge in [-0.15, -0.1) is 0 Å². The summed E-state index contributed by atoms with van der Waals surface area (Å²) in [5, 5.41) is 3.19. The number of benzene rings is 3. The Morgan fingerprint density at radius 2 is 1.57 bits per heavy atom. The second-order valence-corrected chi connectivity index (χ2v) is 13.2. The molecule has 8 nitrogen and oxygen atoms in total. The zero-order chi connectivity index (χ0) is 31.5. The van der Waals surface area contributed by atoms with Crippen molar-refractivity contribution in [2.24, 2.45) is 0 Å². The fourth-order valence-corrected chi connectivity index (χ4v) is 7.10. The van der Waals surface area contributed by atoms with Crippen molar-refractivity contribution < 1.29 is 22.7 Å². The van der Waals surface area contributed by atoms with Crippen molar-refractivity contribution in [3.8, 4) is 5.75 Å². The lowest BCUT2D eigenvalue weighted by atomic mass is 9.95. The summed E-state index contributed by atoms with van der Waals surface area (Å²) in [6.07, 6.45) is 6.13. The third-order valence-electron chi connectivity index (χ3n) is 8.15. The second kappa shape index (κ2) is 15.7. The van der Waals surface area contributed by atoms with E-state index in [-0.39, 0.29) is 23.4 Å². The molecule has 0 spiro atoms. The summed E-state index contributed by atoms with van der Waals surface area (Å²) in [7, 11) is -4.12. The molecule has 0 bridgehead atoms. The van der Waals surface area contributed by atoms with Gasteiger partial charge in [-0.2, -0.15) is 0 Å². The number of aryl methyl sites for hydroxylation is 1. The van der Waals surface area contributed by atoms with Crippen molar-refractivity contribution in [2.75, 3.05) is 24.0 Å². The summed E-state index contributed by atoms with van der Waals surface area (Å²) in [4.78, 5) is 29.6. The fraction of sp³-hybridized carbons (Fsp3) is 0.429. The molecule has 0 saturated heterocycles. The quantitative estimate of drug-likeness (QED) is 0.243. The van der Waals surface area contributed by atoms with Crippen LogP contribution in [0.3, 0.4) is 0 Å². The summed E-state index contributed by atoms with van der Waals surface area (Å²) in [5.74, 6) is -0.0175. The van der Waals surface area contributed by atoms with Crippen molar-refractivity contribution in [3.63, 3.8) is 0 Å². The van der Waals surface area contributed by atoms with E-state index in [9.17, 15) is 18.0 Å². The van der Waals surface area contributed by atoms with Crippen molar-refractivity contribution in [3.05, 3.63) is 90.0 Å². The molecule has 3 aromatic rings. The van der Waals surface area contributed by atoms with Crippen molar-refractivity contribution in [1.29, 1.82) is 0 Å². The Labute approximate surface area is 262 Å². The van der Waals surface area contributed by atoms with E-state index in [2.05, 4.69) is 5.32 Å². The summed E-state index contributed by atoms with van der Waals surface area (Å²) in [5.41, 5.74) is 2.29. The Morgan fingerprint density at radius 1 is 0.909 bits per heavy atom. The summed E-state index contributed by atoms with van der Waals surface area (Å²) in [6, 6.07) is 22.4. The van der Waals surface area contributed by atoms with E-state index in [1.165, 1.54) is 6.42 Å². The lowest BCUT2D eigenvalue weighted by Crippen LogP contribution is -2.54. The zero-order valence-electron chi connectivity index (χ0n) is 26.1. The van der Waals surface area contributed by atoms with E-state index in [1.807, 2.05) is 51.1 Å². The highest BCUT2D eigenvalue weighted by Crippen LogP contribution is 2.27. The third kappa shape index (κ3) is 8.62. The maximum atomic E-state index is 14.3. The number of ether oxygens (including phenoxy) is 1. The van der Waals surface area contributed by atoms with Gasteiger partial charge in [-0.1, -0.05) is 74.2 Å². The van der Waals surface area contributed by atoms with Gasteiger partial charge in [0.15, 0.2) is 0 Å². The first-order chi connectivity index (χ1) is 21.2. The minimum atomic E-state index is -4.12. The van der Waals surface area contributed by atoms with Crippen LogP contribution < -0.4 is 14.4 Å². The Bertz CT molecular complexity index is 1450. The Morgan fingerprint density at radius 3 is 2.18 bits per heavy atom. The van der Waals surface area contributed by atoms with Gasteiger partial charge in [-0.25, -0.2) is 8.42 Å². The minimum absolute atomic E-state index is 0.0858. The number of carbonyl (C=O) groups excluding carboxylic acids is 2. The lowest BCUT2D eigenvalue weighted by Gasteiger charge is -2.34. The monoisotopic (exact) mass is 619 g/mol. The molecular formula is C35H45N3O5S. The Hall–Kier alpha value is -3.85. The molecule has 9 heteroatoms. The first kappa shape index (κ1) is 33.1. The van der Waals surface area contributed by atoms with Crippen LogP contribution >= 0.6 is 0 Å². The number of rotatable bonds is 14. The summed E-state index contributed by atoms with van der Waals surface area (Å²) in [6.45, 7) is 5.95. The topological polar surface area (TPSA) is 96.0 Å². The molecule has 0 unspecified atom stereocenters. The maximum absolute atomic E-state index is 14.3. The predicted molar refractivity (Wildman–Crippen MR) is 174 cm³/mol. The third-order valence-corrected chi connectivity index (χ3v) is 9.93. The molecule has 0 aromatic heterocycles. The van der Waals surface area contributed by atoms with Crippen LogP contribution in [0.2, 0.25) is 0 Å². The van der Waals surface area contributed by atoms with Crippen LogP contribution in [-0.4, -0.2) is 56.9 Å². The van der Waals surface area contributed by atoms with E-state index < -0.39 is 28.5 Å². The van der Waals surface area contributed by atoms with Crippen LogP contribution in [0.4, 0.5) is 5.69 Å². The van der Waals surface area contributed by atoms with Crippen LogP contribution in [0.5, 0.6) is 5.75 Å². The number of sulfonamides is 1. The van der Waals surface area contributed by atoms with Gasteiger partial charge in [0.25, 0.3) is 10.0 Å². The fourth-order valence-electron chi connectivity index (χ4n) is 5.68. The van der Waals surface area contributed by atoms with Crippen LogP contribution in [-0.2, 0) is 26.0 Å². The molecule has 4 rings (SSSR count). The number of nitrogens with zero attached hydrogens (tertiary/aromatic N) is 2. The molecule has 44 heavy (non-hydrogen) atoms. The molecule has 0 aliphatic heterocycles.